The van der Waals surface area contributed by atoms with Crippen molar-refractivity contribution in [2.75, 3.05) is 31.1 Å². The molecule has 1 unspecified atom stereocenters. The molecule has 1 aromatic carbocycles. The summed E-state index contributed by atoms with van der Waals surface area (Å²) in [5.41, 5.74) is 7.45. The van der Waals surface area contributed by atoms with Crippen molar-refractivity contribution in [2.45, 2.75) is 31.9 Å². The number of aliphatic carboxylic acids is 1. The van der Waals surface area contributed by atoms with Crippen molar-refractivity contribution >= 4 is 17.7 Å². The summed E-state index contributed by atoms with van der Waals surface area (Å²) in [6.45, 7) is 3.43. The number of piperidine rings is 1. The van der Waals surface area contributed by atoms with E-state index in [0.29, 0.717) is 19.6 Å². The quantitative estimate of drug-likeness (QED) is 0.812. The molecule has 136 valence electrons. The van der Waals surface area contributed by atoms with E-state index in [0.717, 1.165) is 37.2 Å². The molecule has 0 spiro atoms. The van der Waals surface area contributed by atoms with Gasteiger partial charge in [0.25, 0.3) is 0 Å². The third-order valence-electron chi connectivity index (χ3n) is 4.99. The van der Waals surface area contributed by atoms with E-state index >= 15 is 0 Å². The van der Waals surface area contributed by atoms with Gasteiger partial charge < -0.3 is 15.6 Å². The molecule has 2 aliphatic rings. The van der Waals surface area contributed by atoms with Crippen LogP contribution < -0.4 is 10.6 Å². The number of rotatable bonds is 6. The molecule has 0 saturated carbocycles. The van der Waals surface area contributed by atoms with Gasteiger partial charge >= 0.3 is 12.1 Å². The van der Waals surface area contributed by atoms with Gasteiger partial charge in [0.05, 0.1) is 6.54 Å². The summed E-state index contributed by atoms with van der Waals surface area (Å²) in [5, 5.41) is 8.88. The Morgan fingerprint density at radius 2 is 1.92 bits per heavy atom. The highest BCUT2D eigenvalue weighted by atomic mass is 16.6. The van der Waals surface area contributed by atoms with Crippen molar-refractivity contribution in [3.8, 4) is 0 Å². The van der Waals surface area contributed by atoms with Crippen LogP contribution in [0.15, 0.2) is 24.3 Å². The van der Waals surface area contributed by atoms with Crippen LogP contribution in [0, 0.1) is 5.92 Å². The summed E-state index contributed by atoms with van der Waals surface area (Å²) in [6.07, 6.45) is 1.55. The lowest BCUT2D eigenvalue weighted by atomic mass is 9.93. The standard InChI is InChI=1S/C18H25N3O4/c19-10-14-1-3-15(4-2-14)21-12-16(25-18(21)24)11-20-7-5-13(6-8-20)9-17(22)23/h1-4,13,16H,5-12,19H2,(H,22,23). The number of nitrogens with two attached hydrogens (primary N) is 1. The average Bonchev–Trinajstić information content (AvgIpc) is 2.96. The molecule has 0 aromatic heterocycles. The minimum Gasteiger partial charge on any atom is -0.481 e. The molecule has 7 heteroatoms. The Morgan fingerprint density at radius 1 is 1.24 bits per heavy atom. The molecule has 2 aliphatic heterocycles. The van der Waals surface area contributed by atoms with Gasteiger partial charge in [-0.05, 0) is 49.5 Å². The van der Waals surface area contributed by atoms with Gasteiger partial charge in [0, 0.05) is 25.2 Å². The highest BCUT2D eigenvalue weighted by Crippen LogP contribution is 2.25. The van der Waals surface area contributed by atoms with Gasteiger partial charge in [0.15, 0.2) is 0 Å². The molecule has 1 amide bonds. The zero-order chi connectivity index (χ0) is 17.8. The fraction of sp³-hybridized carbons (Fsp3) is 0.556. The number of anilines is 1. The number of ether oxygens (including phenoxy) is 1. The number of carbonyl (C=O) groups is 2. The first-order valence-corrected chi connectivity index (χ1v) is 8.76. The van der Waals surface area contributed by atoms with Crippen molar-refractivity contribution in [1.29, 1.82) is 0 Å². The zero-order valence-electron chi connectivity index (χ0n) is 14.3. The summed E-state index contributed by atoms with van der Waals surface area (Å²) in [4.78, 5) is 26.9. The van der Waals surface area contributed by atoms with Crippen molar-refractivity contribution in [3.05, 3.63) is 29.8 Å². The second-order valence-corrected chi connectivity index (χ2v) is 6.83. The van der Waals surface area contributed by atoms with Crippen LogP contribution in [0.4, 0.5) is 10.5 Å². The maximum Gasteiger partial charge on any atom is 0.414 e. The van der Waals surface area contributed by atoms with Gasteiger partial charge in [0.1, 0.15) is 6.10 Å². The molecule has 0 radical (unpaired) electrons. The lowest BCUT2D eigenvalue weighted by molar-refractivity contribution is -0.138. The van der Waals surface area contributed by atoms with Crippen LogP contribution in [0.3, 0.4) is 0 Å². The third kappa shape index (κ3) is 4.49. The number of likely N-dealkylation sites (tertiary alicyclic amines) is 1. The van der Waals surface area contributed by atoms with Crippen LogP contribution in [0.1, 0.15) is 24.8 Å². The van der Waals surface area contributed by atoms with Crippen molar-refractivity contribution in [1.82, 2.24) is 4.90 Å². The van der Waals surface area contributed by atoms with Crippen LogP contribution in [-0.4, -0.2) is 54.4 Å². The Labute approximate surface area is 147 Å². The number of hydrogen-bond donors (Lipinski definition) is 2. The lowest BCUT2D eigenvalue weighted by Crippen LogP contribution is -2.40. The molecule has 3 N–H and O–H groups in total. The fourth-order valence-electron chi connectivity index (χ4n) is 3.55. The highest BCUT2D eigenvalue weighted by molar-refractivity contribution is 5.89. The Balaban J connectivity index is 1.50. The van der Waals surface area contributed by atoms with Gasteiger partial charge in [-0.15, -0.1) is 0 Å². The van der Waals surface area contributed by atoms with E-state index in [1.54, 1.807) is 4.90 Å². The summed E-state index contributed by atoms with van der Waals surface area (Å²) in [6, 6.07) is 7.62. The van der Waals surface area contributed by atoms with Crippen molar-refractivity contribution in [3.63, 3.8) is 0 Å². The molecule has 1 aromatic rings. The number of amides is 1. The number of cyclic esters (lactones) is 1. The number of carboxylic acid groups (broad SMARTS) is 1. The predicted octanol–water partition coefficient (Wildman–Crippen LogP) is 1.66. The van der Waals surface area contributed by atoms with E-state index in [4.69, 9.17) is 15.6 Å². The molecule has 2 saturated heterocycles. The lowest BCUT2D eigenvalue weighted by Gasteiger charge is -2.32. The SMILES string of the molecule is NCc1ccc(N2CC(CN3CCC(CC(=O)O)CC3)OC2=O)cc1. The summed E-state index contributed by atoms with van der Waals surface area (Å²) >= 11 is 0. The van der Waals surface area contributed by atoms with Crippen LogP contribution in [-0.2, 0) is 16.1 Å². The first-order valence-electron chi connectivity index (χ1n) is 8.76. The number of hydrogen-bond acceptors (Lipinski definition) is 5. The second kappa shape index (κ2) is 7.84. The molecular formula is C18H25N3O4. The largest absolute Gasteiger partial charge is 0.481 e. The molecule has 0 aliphatic carbocycles. The van der Waals surface area contributed by atoms with Gasteiger partial charge in [-0.2, -0.15) is 0 Å². The van der Waals surface area contributed by atoms with Gasteiger partial charge in [-0.1, -0.05) is 12.1 Å². The number of nitrogens with zero attached hydrogens (tertiary/aromatic N) is 2. The van der Waals surface area contributed by atoms with Gasteiger partial charge in [-0.3, -0.25) is 14.6 Å². The molecule has 25 heavy (non-hydrogen) atoms. The van der Waals surface area contributed by atoms with E-state index in [2.05, 4.69) is 4.90 Å². The van der Waals surface area contributed by atoms with E-state index in [1.807, 2.05) is 24.3 Å². The highest BCUT2D eigenvalue weighted by Gasteiger charge is 2.34. The fourth-order valence-corrected chi connectivity index (χ4v) is 3.55. The van der Waals surface area contributed by atoms with Crippen LogP contribution >= 0.6 is 0 Å². The molecular weight excluding hydrogens is 322 g/mol. The molecule has 7 nitrogen and oxygen atoms in total. The second-order valence-electron chi connectivity index (χ2n) is 6.83. The minimum atomic E-state index is -0.723. The number of carboxylic acids is 1. The average molecular weight is 347 g/mol. The topological polar surface area (TPSA) is 96.1 Å². The summed E-state index contributed by atoms with van der Waals surface area (Å²) in [5.74, 6) is -0.461. The normalized spacial score (nSPS) is 22.2. The maximum absolute atomic E-state index is 12.1. The predicted molar refractivity (Wildman–Crippen MR) is 93.4 cm³/mol. The van der Waals surface area contributed by atoms with Crippen molar-refractivity contribution < 1.29 is 19.4 Å². The first kappa shape index (κ1) is 17.7. The Bertz CT molecular complexity index is 611. The van der Waals surface area contributed by atoms with E-state index in [9.17, 15) is 9.59 Å². The smallest absolute Gasteiger partial charge is 0.414 e. The monoisotopic (exact) mass is 347 g/mol. The summed E-state index contributed by atoms with van der Waals surface area (Å²) < 4.78 is 5.51. The van der Waals surface area contributed by atoms with Gasteiger partial charge in [-0.25, -0.2) is 4.79 Å². The Kier molecular flexibility index (Phi) is 5.55. The van der Waals surface area contributed by atoms with E-state index in [1.165, 1.54) is 0 Å². The minimum absolute atomic E-state index is 0.155. The molecule has 1 atom stereocenters. The van der Waals surface area contributed by atoms with E-state index in [-0.39, 0.29) is 24.5 Å². The third-order valence-corrected chi connectivity index (χ3v) is 4.99. The Morgan fingerprint density at radius 3 is 2.52 bits per heavy atom. The Hall–Kier alpha value is -2.12. The van der Waals surface area contributed by atoms with Crippen molar-refractivity contribution in [2.24, 2.45) is 11.7 Å². The molecule has 2 heterocycles. The molecule has 0 bridgehead atoms. The molecule has 2 fully saturated rings. The maximum atomic E-state index is 12.1. The zero-order valence-corrected chi connectivity index (χ0v) is 14.3. The number of benzene rings is 1. The van der Waals surface area contributed by atoms with Crippen LogP contribution in [0.5, 0.6) is 0 Å². The summed E-state index contributed by atoms with van der Waals surface area (Å²) in [7, 11) is 0. The first-order chi connectivity index (χ1) is 12.0. The van der Waals surface area contributed by atoms with Crippen LogP contribution in [0.2, 0.25) is 0 Å². The van der Waals surface area contributed by atoms with Gasteiger partial charge in [0.2, 0.25) is 0 Å². The van der Waals surface area contributed by atoms with Crippen LogP contribution in [0.25, 0.3) is 0 Å². The molecule has 3 rings (SSSR count). The van der Waals surface area contributed by atoms with E-state index < -0.39 is 5.97 Å². The number of carbonyl (C=O) groups excluding carboxylic acids is 1.